The molecular formula is C17H21NO5. The Morgan fingerprint density at radius 1 is 1.17 bits per heavy atom. The zero-order valence-corrected chi connectivity index (χ0v) is 13.8. The number of rotatable bonds is 4. The molecule has 1 amide bonds. The number of benzene rings is 1. The van der Waals surface area contributed by atoms with Crippen molar-refractivity contribution in [1.29, 1.82) is 0 Å². The molecule has 0 radical (unpaired) electrons. The molecule has 23 heavy (non-hydrogen) atoms. The average Bonchev–Trinajstić information content (AvgIpc) is 2.51. The molecule has 0 fully saturated rings. The Morgan fingerprint density at radius 2 is 1.83 bits per heavy atom. The number of carbonyl (C=O) groups is 2. The number of ether oxygens (including phenoxy) is 3. The molecule has 0 bridgehead atoms. The quantitative estimate of drug-likeness (QED) is 0.863. The molecule has 1 aliphatic rings. The third-order valence-corrected chi connectivity index (χ3v) is 3.43. The maximum Gasteiger partial charge on any atom is 0.377 e. The number of nitrogens with one attached hydrogen (secondary N) is 1. The summed E-state index contributed by atoms with van der Waals surface area (Å²) in [5, 5.41) is 2.81. The summed E-state index contributed by atoms with van der Waals surface area (Å²) in [6, 6.07) is 3.97. The fourth-order valence-corrected chi connectivity index (χ4v) is 2.35. The lowest BCUT2D eigenvalue weighted by Gasteiger charge is -2.18. The average molecular weight is 319 g/mol. The second-order valence-corrected chi connectivity index (χ2v) is 5.51. The van der Waals surface area contributed by atoms with E-state index in [4.69, 9.17) is 14.2 Å². The molecule has 1 atom stereocenters. The van der Waals surface area contributed by atoms with Crippen LogP contribution in [0, 0.1) is 20.8 Å². The molecule has 0 saturated carbocycles. The second-order valence-electron chi connectivity index (χ2n) is 5.51. The van der Waals surface area contributed by atoms with Crippen LogP contribution in [0.15, 0.2) is 24.2 Å². The number of hydrogen-bond donors (Lipinski definition) is 1. The van der Waals surface area contributed by atoms with Gasteiger partial charge in [0.1, 0.15) is 19.5 Å². The SMILES string of the molecule is Cc1cc(C)c(NC(=O)C(C)OC(=O)C2=COCCO2)c(C)c1. The molecule has 1 unspecified atom stereocenters. The van der Waals surface area contributed by atoms with Gasteiger partial charge in [-0.3, -0.25) is 4.79 Å². The highest BCUT2D eigenvalue weighted by Crippen LogP contribution is 2.22. The number of amides is 1. The van der Waals surface area contributed by atoms with Crippen molar-refractivity contribution in [2.75, 3.05) is 18.5 Å². The third kappa shape index (κ3) is 4.25. The van der Waals surface area contributed by atoms with Crippen LogP contribution in [0.3, 0.4) is 0 Å². The van der Waals surface area contributed by atoms with Gasteiger partial charge in [-0.25, -0.2) is 4.79 Å². The molecule has 1 N–H and O–H groups in total. The molecule has 0 aromatic heterocycles. The normalized spacial score (nSPS) is 14.9. The van der Waals surface area contributed by atoms with Gasteiger partial charge in [0.25, 0.3) is 5.91 Å². The first kappa shape index (κ1) is 16.9. The lowest BCUT2D eigenvalue weighted by Crippen LogP contribution is -2.31. The van der Waals surface area contributed by atoms with E-state index in [-0.39, 0.29) is 12.4 Å². The molecule has 2 rings (SSSR count). The number of esters is 1. The summed E-state index contributed by atoms with van der Waals surface area (Å²) >= 11 is 0. The minimum Gasteiger partial charge on any atom is -0.493 e. The minimum atomic E-state index is -0.950. The van der Waals surface area contributed by atoms with Crippen LogP contribution in [0.2, 0.25) is 0 Å². The Balaban J connectivity index is 2.00. The summed E-state index contributed by atoms with van der Waals surface area (Å²) in [7, 11) is 0. The summed E-state index contributed by atoms with van der Waals surface area (Å²) in [6.45, 7) is 8.02. The van der Waals surface area contributed by atoms with E-state index >= 15 is 0 Å². The lowest BCUT2D eigenvalue weighted by atomic mass is 10.0. The molecular weight excluding hydrogens is 298 g/mol. The van der Waals surface area contributed by atoms with Crippen LogP contribution in [-0.4, -0.2) is 31.2 Å². The maximum atomic E-state index is 12.2. The predicted molar refractivity (Wildman–Crippen MR) is 84.8 cm³/mol. The molecule has 1 heterocycles. The van der Waals surface area contributed by atoms with E-state index in [1.807, 2.05) is 32.9 Å². The van der Waals surface area contributed by atoms with Gasteiger partial charge in [-0.15, -0.1) is 0 Å². The summed E-state index contributed by atoms with van der Waals surface area (Å²) in [5.41, 5.74) is 3.78. The largest absolute Gasteiger partial charge is 0.493 e. The van der Waals surface area contributed by atoms with E-state index in [0.717, 1.165) is 22.4 Å². The number of carbonyl (C=O) groups excluding carboxylic acids is 2. The van der Waals surface area contributed by atoms with Gasteiger partial charge in [0.05, 0.1) is 0 Å². The van der Waals surface area contributed by atoms with Gasteiger partial charge in [-0.05, 0) is 38.8 Å². The zero-order valence-electron chi connectivity index (χ0n) is 13.8. The summed E-state index contributed by atoms with van der Waals surface area (Å²) in [6.07, 6.45) is 0.249. The molecule has 1 aliphatic heterocycles. The van der Waals surface area contributed by atoms with Gasteiger partial charge < -0.3 is 19.5 Å². The number of aryl methyl sites for hydroxylation is 3. The second kappa shape index (κ2) is 7.17. The highest BCUT2D eigenvalue weighted by molar-refractivity contribution is 5.97. The van der Waals surface area contributed by atoms with Gasteiger partial charge >= 0.3 is 5.97 Å². The monoisotopic (exact) mass is 319 g/mol. The van der Waals surface area contributed by atoms with Crippen molar-refractivity contribution >= 4 is 17.6 Å². The minimum absolute atomic E-state index is 0.0291. The molecule has 6 heteroatoms. The van der Waals surface area contributed by atoms with Gasteiger partial charge in [0.15, 0.2) is 6.10 Å². The summed E-state index contributed by atoms with van der Waals surface area (Å²) in [4.78, 5) is 24.1. The number of anilines is 1. The van der Waals surface area contributed by atoms with Gasteiger partial charge in [-0.2, -0.15) is 0 Å². The van der Waals surface area contributed by atoms with Crippen molar-refractivity contribution in [2.45, 2.75) is 33.8 Å². The van der Waals surface area contributed by atoms with E-state index < -0.39 is 18.0 Å². The number of hydrogen-bond acceptors (Lipinski definition) is 5. The molecule has 0 spiro atoms. The Kier molecular flexibility index (Phi) is 5.26. The molecule has 1 aromatic rings. The first-order valence-corrected chi connectivity index (χ1v) is 7.42. The maximum absolute atomic E-state index is 12.2. The summed E-state index contributed by atoms with van der Waals surface area (Å²) < 4.78 is 15.2. The van der Waals surface area contributed by atoms with Crippen molar-refractivity contribution < 1.29 is 23.8 Å². The molecule has 6 nitrogen and oxygen atoms in total. The van der Waals surface area contributed by atoms with Gasteiger partial charge in [-0.1, -0.05) is 17.7 Å². The van der Waals surface area contributed by atoms with Crippen molar-refractivity contribution in [3.8, 4) is 0 Å². The zero-order chi connectivity index (χ0) is 17.0. The van der Waals surface area contributed by atoms with Gasteiger partial charge in [0, 0.05) is 5.69 Å². The smallest absolute Gasteiger partial charge is 0.377 e. The third-order valence-electron chi connectivity index (χ3n) is 3.43. The van der Waals surface area contributed by atoms with Crippen LogP contribution < -0.4 is 5.32 Å². The van der Waals surface area contributed by atoms with Crippen molar-refractivity contribution in [3.63, 3.8) is 0 Å². The van der Waals surface area contributed by atoms with Crippen LogP contribution in [-0.2, 0) is 23.8 Å². The fraction of sp³-hybridized carbons (Fsp3) is 0.412. The molecule has 1 aromatic carbocycles. The lowest BCUT2D eigenvalue weighted by molar-refractivity contribution is -0.153. The van der Waals surface area contributed by atoms with Gasteiger partial charge in [0.2, 0.25) is 5.76 Å². The molecule has 124 valence electrons. The highest BCUT2D eigenvalue weighted by atomic mass is 16.6. The van der Waals surface area contributed by atoms with Crippen LogP contribution in [0.4, 0.5) is 5.69 Å². The molecule has 0 saturated heterocycles. The molecule has 0 aliphatic carbocycles. The first-order valence-electron chi connectivity index (χ1n) is 7.42. The first-order chi connectivity index (χ1) is 10.9. The van der Waals surface area contributed by atoms with E-state index in [1.54, 1.807) is 0 Å². The topological polar surface area (TPSA) is 73.9 Å². The Hall–Kier alpha value is -2.50. The van der Waals surface area contributed by atoms with Crippen molar-refractivity contribution in [2.24, 2.45) is 0 Å². The highest BCUT2D eigenvalue weighted by Gasteiger charge is 2.24. The van der Waals surface area contributed by atoms with Crippen LogP contribution in [0.25, 0.3) is 0 Å². The summed E-state index contributed by atoms with van der Waals surface area (Å²) in [5.74, 6) is -1.14. The van der Waals surface area contributed by atoms with E-state index in [1.165, 1.54) is 13.2 Å². The Labute approximate surface area is 135 Å². The van der Waals surface area contributed by atoms with Crippen molar-refractivity contribution in [1.82, 2.24) is 0 Å². The van der Waals surface area contributed by atoms with E-state index in [9.17, 15) is 9.59 Å². The Bertz CT molecular complexity index is 627. The standard InChI is InChI=1S/C17H21NO5/c1-10-7-11(2)15(12(3)8-10)18-16(19)13(4)23-17(20)14-9-21-5-6-22-14/h7-9,13H,5-6H2,1-4H3,(H,18,19). The van der Waals surface area contributed by atoms with Crippen molar-refractivity contribution in [3.05, 3.63) is 40.8 Å². The fourth-order valence-electron chi connectivity index (χ4n) is 2.35. The van der Waals surface area contributed by atoms with E-state index in [2.05, 4.69) is 5.32 Å². The predicted octanol–water partition coefficient (Wildman–Crippen LogP) is 2.37. The van der Waals surface area contributed by atoms with E-state index in [0.29, 0.717) is 6.61 Å². The van der Waals surface area contributed by atoms with Crippen LogP contribution in [0.5, 0.6) is 0 Å². The van der Waals surface area contributed by atoms with Crippen LogP contribution in [0.1, 0.15) is 23.6 Å². The Morgan fingerprint density at radius 3 is 2.39 bits per heavy atom. The van der Waals surface area contributed by atoms with Crippen LogP contribution >= 0.6 is 0 Å².